The number of piperidine rings is 1. The van der Waals surface area contributed by atoms with Crippen LogP contribution in [0.4, 0.5) is 0 Å². The zero-order valence-corrected chi connectivity index (χ0v) is 11.1. The van der Waals surface area contributed by atoms with Crippen molar-refractivity contribution in [2.45, 2.75) is 32.7 Å². The lowest BCUT2D eigenvalue weighted by atomic mass is 9.97. The molecule has 1 N–H and O–H groups in total. The highest BCUT2D eigenvalue weighted by Crippen LogP contribution is 2.38. The largest absolute Gasteiger partial charge is 0.478 e. The average molecular weight is 277 g/mol. The number of likely N-dealkylation sites (tertiary alicyclic amines) is 1. The fourth-order valence-corrected chi connectivity index (χ4v) is 3.13. The topological polar surface area (TPSA) is 87.8 Å². The molecule has 6 heteroatoms. The quantitative estimate of drug-likeness (QED) is 0.847. The number of aryl methyl sites for hydroxylation is 1. The summed E-state index contributed by atoms with van der Waals surface area (Å²) in [4.78, 5) is 36.5. The summed E-state index contributed by atoms with van der Waals surface area (Å²) in [6, 6.07) is 1.38. The van der Waals surface area contributed by atoms with E-state index in [1.165, 1.54) is 11.0 Å². The summed E-state index contributed by atoms with van der Waals surface area (Å²) >= 11 is 0. The van der Waals surface area contributed by atoms with Crippen LogP contribution in [0.1, 0.15) is 41.1 Å². The molecule has 1 aromatic rings. The number of hydrogen-bond donors (Lipinski definition) is 1. The third-order valence-electron chi connectivity index (χ3n) is 4.18. The van der Waals surface area contributed by atoms with Crippen LogP contribution in [0.2, 0.25) is 0 Å². The maximum atomic E-state index is 12.2. The van der Waals surface area contributed by atoms with Gasteiger partial charge in [0.25, 0.3) is 0 Å². The highest BCUT2D eigenvalue weighted by atomic mass is 16.4. The molecule has 20 heavy (non-hydrogen) atoms. The summed E-state index contributed by atoms with van der Waals surface area (Å²) in [5.74, 6) is -0.895. The number of imide groups is 1. The Morgan fingerprint density at radius 1 is 1.35 bits per heavy atom. The fourth-order valence-electron chi connectivity index (χ4n) is 3.13. The first-order chi connectivity index (χ1) is 9.47. The van der Waals surface area contributed by atoms with Crippen LogP contribution in [0.5, 0.6) is 0 Å². The van der Waals surface area contributed by atoms with E-state index in [-0.39, 0.29) is 41.5 Å². The van der Waals surface area contributed by atoms with Crippen molar-refractivity contribution in [3.63, 3.8) is 0 Å². The smallest absolute Gasteiger partial charge is 0.339 e. The van der Waals surface area contributed by atoms with Gasteiger partial charge >= 0.3 is 5.97 Å². The summed E-state index contributed by atoms with van der Waals surface area (Å²) in [5, 5.41) is 8.98. The molecular formula is C14H15NO5. The molecule has 0 radical (unpaired) electrons. The fraction of sp³-hybridized carbons (Fsp3) is 0.500. The van der Waals surface area contributed by atoms with Gasteiger partial charge in [-0.25, -0.2) is 4.79 Å². The first kappa shape index (κ1) is 12.9. The number of nitrogens with zero attached hydrogens (tertiary/aromatic N) is 1. The Bertz CT molecular complexity index is 581. The molecule has 3 rings (SSSR count). The molecule has 2 aliphatic rings. The maximum Gasteiger partial charge on any atom is 0.339 e. The number of amides is 2. The van der Waals surface area contributed by atoms with Gasteiger partial charge in [0.2, 0.25) is 11.8 Å². The molecule has 1 saturated carbocycles. The third-order valence-corrected chi connectivity index (χ3v) is 4.18. The van der Waals surface area contributed by atoms with E-state index in [0.29, 0.717) is 12.2 Å². The lowest BCUT2D eigenvalue weighted by molar-refractivity contribution is -0.153. The SMILES string of the molecule is Cc1oc(CN2C(=O)C3CCC(C3)C2=O)cc1C(=O)O. The first-order valence-electron chi connectivity index (χ1n) is 6.65. The molecule has 2 amide bonds. The maximum absolute atomic E-state index is 12.2. The van der Waals surface area contributed by atoms with E-state index in [0.717, 1.165) is 12.8 Å². The number of carboxylic acids is 1. The van der Waals surface area contributed by atoms with Crippen molar-refractivity contribution in [3.8, 4) is 0 Å². The zero-order chi connectivity index (χ0) is 14.4. The molecule has 2 bridgehead atoms. The summed E-state index contributed by atoms with van der Waals surface area (Å²) in [5.41, 5.74) is 0.0693. The molecule has 1 aliphatic heterocycles. The number of fused-ring (bicyclic) bond motifs is 2. The molecule has 1 aliphatic carbocycles. The van der Waals surface area contributed by atoms with Gasteiger partial charge in [0, 0.05) is 11.8 Å². The van der Waals surface area contributed by atoms with E-state index in [2.05, 4.69) is 0 Å². The number of carbonyl (C=O) groups is 3. The second-order valence-electron chi connectivity index (χ2n) is 5.46. The van der Waals surface area contributed by atoms with Crippen molar-refractivity contribution in [2.75, 3.05) is 0 Å². The number of carboxylic acid groups (broad SMARTS) is 1. The van der Waals surface area contributed by atoms with Gasteiger partial charge in [-0.3, -0.25) is 14.5 Å². The predicted molar refractivity (Wildman–Crippen MR) is 66.8 cm³/mol. The zero-order valence-electron chi connectivity index (χ0n) is 11.1. The van der Waals surface area contributed by atoms with Crippen LogP contribution in [0.25, 0.3) is 0 Å². The van der Waals surface area contributed by atoms with E-state index in [1.807, 2.05) is 0 Å². The minimum atomic E-state index is -1.08. The Kier molecular flexibility index (Phi) is 2.88. The summed E-state index contributed by atoms with van der Waals surface area (Å²) in [6.07, 6.45) is 2.19. The van der Waals surface area contributed by atoms with Gasteiger partial charge < -0.3 is 9.52 Å². The molecule has 2 atom stereocenters. The van der Waals surface area contributed by atoms with Gasteiger partial charge in [0.15, 0.2) is 0 Å². The van der Waals surface area contributed by atoms with E-state index in [4.69, 9.17) is 9.52 Å². The molecular weight excluding hydrogens is 262 g/mol. The number of aromatic carboxylic acids is 1. The third kappa shape index (κ3) is 1.92. The Balaban J connectivity index is 1.83. The molecule has 0 aromatic carbocycles. The van der Waals surface area contributed by atoms with Crippen molar-refractivity contribution in [2.24, 2.45) is 11.8 Å². The van der Waals surface area contributed by atoms with Gasteiger partial charge in [0.1, 0.15) is 17.1 Å². The normalized spacial score (nSPS) is 25.4. The van der Waals surface area contributed by atoms with E-state index in [1.54, 1.807) is 6.92 Å². The standard InChI is InChI=1S/C14H15NO5/c1-7-11(14(18)19)5-10(20-7)6-15-12(16)8-2-3-9(4-8)13(15)17/h5,8-9H,2-4,6H2,1H3,(H,18,19). The molecule has 2 unspecified atom stereocenters. The van der Waals surface area contributed by atoms with Crippen LogP contribution in [0.15, 0.2) is 10.5 Å². The van der Waals surface area contributed by atoms with Crippen LogP contribution >= 0.6 is 0 Å². The Morgan fingerprint density at radius 3 is 2.45 bits per heavy atom. The highest BCUT2D eigenvalue weighted by molar-refractivity contribution is 6.00. The minimum Gasteiger partial charge on any atom is -0.478 e. The summed E-state index contributed by atoms with van der Waals surface area (Å²) < 4.78 is 5.34. The second-order valence-corrected chi connectivity index (χ2v) is 5.46. The number of rotatable bonds is 3. The van der Waals surface area contributed by atoms with Crippen LogP contribution in [-0.4, -0.2) is 27.8 Å². The van der Waals surface area contributed by atoms with Crippen LogP contribution in [0.3, 0.4) is 0 Å². The van der Waals surface area contributed by atoms with Gasteiger partial charge in [-0.15, -0.1) is 0 Å². The number of hydrogen-bond acceptors (Lipinski definition) is 4. The van der Waals surface area contributed by atoms with E-state index < -0.39 is 5.97 Å². The van der Waals surface area contributed by atoms with Crippen molar-refractivity contribution in [3.05, 3.63) is 23.2 Å². The number of furan rings is 1. The lowest BCUT2D eigenvalue weighted by Gasteiger charge is -2.28. The average Bonchev–Trinajstić information content (AvgIpc) is 2.98. The van der Waals surface area contributed by atoms with E-state index in [9.17, 15) is 14.4 Å². The monoisotopic (exact) mass is 277 g/mol. The molecule has 2 fully saturated rings. The molecule has 1 saturated heterocycles. The summed E-state index contributed by atoms with van der Waals surface area (Å²) in [7, 11) is 0. The Morgan fingerprint density at radius 2 is 1.95 bits per heavy atom. The Labute approximate surface area is 115 Å². The highest BCUT2D eigenvalue weighted by Gasteiger charge is 2.45. The first-order valence-corrected chi connectivity index (χ1v) is 6.65. The molecule has 2 heterocycles. The van der Waals surface area contributed by atoms with Crippen molar-refractivity contribution in [1.29, 1.82) is 0 Å². The van der Waals surface area contributed by atoms with Crippen molar-refractivity contribution < 1.29 is 23.9 Å². The second kappa shape index (κ2) is 4.47. The predicted octanol–water partition coefficient (Wildman–Crippen LogP) is 1.57. The van der Waals surface area contributed by atoms with Crippen LogP contribution in [0, 0.1) is 18.8 Å². The lowest BCUT2D eigenvalue weighted by Crippen LogP contribution is -2.45. The summed E-state index contributed by atoms with van der Waals surface area (Å²) in [6.45, 7) is 1.58. The van der Waals surface area contributed by atoms with Gasteiger partial charge in [-0.2, -0.15) is 0 Å². The Hall–Kier alpha value is -2.11. The van der Waals surface area contributed by atoms with Crippen LogP contribution in [-0.2, 0) is 16.1 Å². The number of carbonyl (C=O) groups excluding carboxylic acids is 2. The van der Waals surface area contributed by atoms with E-state index >= 15 is 0 Å². The molecule has 106 valence electrons. The molecule has 6 nitrogen and oxygen atoms in total. The van der Waals surface area contributed by atoms with Gasteiger partial charge in [-0.05, 0) is 32.3 Å². The minimum absolute atomic E-state index is 0.0266. The van der Waals surface area contributed by atoms with Crippen molar-refractivity contribution >= 4 is 17.8 Å². The van der Waals surface area contributed by atoms with Crippen molar-refractivity contribution in [1.82, 2.24) is 4.90 Å². The van der Waals surface area contributed by atoms with Gasteiger partial charge in [-0.1, -0.05) is 0 Å². The van der Waals surface area contributed by atoms with Gasteiger partial charge in [0.05, 0.1) is 6.54 Å². The molecule has 1 aromatic heterocycles. The van der Waals surface area contributed by atoms with Crippen LogP contribution < -0.4 is 0 Å². The molecule has 0 spiro atoms.